The van der Waals surface area contributed by atoms with Gasteiger partial charge in [0.15, 0.2) is 5.78 Å². The number of halogens is 2. The number of nitrogens with zero attached hydrogens (tertiary/aromatic N) is 1. The Bertz CT molecular complexity index is 694. The first-order valence-electron chi connectivity index (χ1n) is 6.33. The smallest absolute Gasteiger partial charge is 0.170 e. The molecule has 2 aromatic rings. The van der Waals surface area contributed by atoms with Gasteiger partial charge in [0, 0.05) is 5.56 Å². The van der Waals surface area contributed by atoms with E-state index in [2.05, 4.69) is 4.99 Å². The number of carbonyl (C=O) groups is 1. The minimum absolute atomic E-state index is 0.00817. The molecule has 0 saturated heterocycles. The molecule has 0 saturated carbocycles. The highest BCUT2D eigenvalue weighted by Crippen LogP contribution is 2.19. The molecule has 0 unspecified atom stereocenters. The molecule has 0 heterocycles. The number of nitrogens with two attached hydrogens (primary N) is 1. The first kappa shape index (κ1) is 14.8. The minimum atomic E-state index is -0.502. The van der Waals surface area contributed by atoms with Crippen LogP contribution < -0.4 is 5.73 Å². The number of rotatable bonds is 4. The van der Waals surface area contributed by atoms with Gasteiger partial charge in [0.25, 0.3) is 0 Å². The van der Waals surface area contributed by atoms with Gasteiger partial charge in [0.1, 0.15) is 23.2 Å². The minimum Gasteiger partial charge on any atom is -0.387 e. The van der Waals surface area contributed by atoms with E-state index < -0.39 is 11.6 Å². The van der Waals surface area contributed by atoms with E-state index >= 15 is 0 Å². The van der Waals surface area contributed by atoms with Crippen molar-refractivity contribution < 1.29 is 13.6 Å². The van der Waals surface area contributed by atoms with Crippen LogP contribution in [0.1, 0.15) is 22.3 Å². The fourth-order valence-corrected chi connectivity index (χ4v) is 1.80. The lowest BCUT2D eigenvalue weighted by Crippen LogP contribution is -2.17. The zero-order valence-electron chi connectivity index (χ0n) is 11.4. The zero-order chi connectivity index (χ0) is 15.4. The van der Waals surface area contributed by atoms with Gasteiger partial charge in [-0.15, -0.1) is 0 Å². The number of amidine groups is 1. The SMILES string of the molecule is Cc1ccc(F)c(N=C(N)CC(=O)c2ccc(F)cc2)c1. The molecule has 0 bridgehead atoms. The summed E-state index contributed by atoms with van der Waals surface area (Å²) in [4.78, 5) is 15.9. The summed E-state index contributed by atoms with van der Waals surface area (Å²) in [6.45, 7) is 1.80. The van der Waals surface area contributed by atoms with E-state index in [0.717, 1.165) is 5.56 Å². The molecule has 2 rings (SSSR count). The molecular formula is C16H14F2N2O. The number of hydrogen-bond donors (Lipinski definition) is 1. The molecule has 0 aromatic heterocycles. The monoisotopic (exact) mass is 288 g/mol. The largest absolute Gasteiger partial charge is 0.387 e. The molecule has 0 fully saturated rings. The van der Waals surface area contributed by atoms with Crippen LogP contribution in [0, 0.1) is 18.6 Å². The van der Waals surface area contributed by atoms with Crippen LogP contribution in [0.3, 0.4) is 0 Å². The first-order chi connectivity index (χ1) is 9.95. The van der Waals surface area contributed by atoms with Crippen LogP contribution in [0.15, 0.2) is 47.5 Å². The van der Waals surface area contributed by atoms with Gasteiger partial charge in [-0.05, 0) is 48.9 Å². The Balaban J connectivity index is 2.15. The molecule has 108 valence electrons. The summed E-state index contributed by atoms with van der Waals surface area (Å²) >= 11 is 0. The molecule has 0 aliphatic heterocycles. The number of ketones is 1. The summed E-state index contributed by atoms with van der Waals surface area (Å²) in [7, 11) is 0. The van der Waals surface area contributed by atoms with Crippen LogP contribution in [0.5, 0.6) is 0 Å². The van der Waals surface area contributed by atoms with Gasteiger partial charge in [0.05, 0.1) is 6.42 Å². The first-order valence-corrected chi connectivity index (χ1v) is 6.33. The van der Waals surface area contributed by atoms with Crippen molar-refractivity contribution in [2.45, 2.75) is 13.3 Å². The fourth-order valence-electron chi connectivity index (χ4n) is 1.80. The number of carbonyl (C=O) groups excluding carboxylic acids is 1. The topological polar surface area (TPSA) is 55.4 Å². The van der Waals surface area contributed by atoms with Gasteiger partial charge in [-0.2, -0.15) is 0 Å². The average Bonchev–Trinajstić information content (AvgIpc) is 2.43. The summed E-state index contributed by atoms with van der Waals surface area (Å²) in [5, 5.41) is 0. The number of Topliss-reactive ketones (excluding diaryl/α,β-unsaturated/α-hetero) is 1. The molecule has 21 heavy (non-hydrogen) atoms. The van der Waals surface area contributed by atoms with Gasteiger partial charge in [-0.25, -0.2) is 13.8 Å². The number of aliphatic imine (C=N–C) groups is 1. The van der Waals surface area contributed by atoms with E-state index in [1.54, 1.807) is 19.1 Å². The molecule has 0 spiro atoms. The molecule has 0 radical (unpaired) electrons. The molecule has 0 aliphatic rings. The van der Waals surface area contributed by atoms with Gasteiger partial charge >= 0.3 is 0 Å². The van der Waals surface area contributed by atoms with Crippen molar-refractivity contribution in [3.63, 3.8) is 0 Å². The predicted molar refractivity (Wildman–Crippen MR) is 77.8 cm³/mol. The van der Waals surface area contributed by atoms with Crippen molar-refractivity contribution in [3.05, 3.63) is 65.2 Å². The third-order valence-electron chi connectivity index (χ3n) is 2.87. The average molecular weight is 288 g/mol. The Kier molecular flexibility index (Phi) is 4.42. The molecule has 5 heteroatoms. The molecule has 3 nitrogen and oxygen atoms in total. The quantitative estimate of drug-likeness (QED) is 0.531. The van der Waals surface area contributed by atoms with Crippen molar-refractivity contribution in [3.8, 4) is 0 Å². The summed E-state index contributed by atoms with van der Waals surface area (Å²) in [6, 6.07) is 9.60. The Hall–Kier alpha value is -2.56. The van der Waals surface area contributed by atoms with E-state index in [1.807, 2.05) is 0 Å². The van der Waals surface area contributed by atoms with E-state index in [1.165, 1.54) is 30.3 Å². The van der Waals surface area contributed by atoms with Crippen molar-refractivity contribution >= 4 is 17.3 Å². The summed E-state index contributed by atoms with van der Waals surface area (Å²) in [5.74, 6) is -1.22. The summed E-state index contributed by atoms with van der Waals surface area (Å²) in [6.07, 6.45) is -0.154. The lowest BCUT2D eigenvalue weighted by Gasteiger charge is -2.03. The van der Waals surface area contributed by atoms with E-state index in [9.17, 15) is 13.6 Å². The number of hydrogen-bond acceptors (Lipinski definition) is 2. The van der Waals surface area contributed by atoms with Gasteiger partial charge < -0.3 is 5.73 Å². The van der Waals surface area contributed by atoms with E-state index in [4.69, 9.17) is 5.73 Å². The normalized spacial score (nSPS) is 11.5. The highest BCUT2D eigenvalue weighted by molar-refractivity contribution is 6.09. The van der Waals surface area contributed by atoms with Crippen molar-refractivity contribution in [2.24, 2.45) is 10.7 Å². The van der Waals surface area contributed by atoms with Gasteiger partial charge in [0.2, 0.25) is 0 Å². The third kappa shape index (κ3) is 3.95. The Labute approximate surface area is 121 Å². The fraction of sp³-hybridized carbons (Fsp3) is 0.125. The highest BCUT2D eigenvalue weighted by Gasteiger charge is 2.09. The van der Waals surface area contributed by atoms with Crippen LogP contribution in [-0.4, -0.2) is 11.6 Å². The molecule has 0 atom stereocenters. The van der Waals surface area contributed by atoms with Crippen LogP contribution >= 0.6 is 0 Å². The van der Waals surface area contributed by atoms with Crippen LogP contribution in [-0.2, 0) is 0 Å². The standard InChI is InChI=1S/C16H14F2N2O/c1-10-2-7-13(18)14(8-10)20-16(19)9-15(21)11-3-5-12(17)6-4-11/h2-8H,9H2,1H3,(H2,19,20). The van der Waals surface area contributed by atoms with Crippen molar-refractivity contribution in [1.29, 1.82) is 0 Å². The Morgan fingerprint density at radius 3 is 2.48 bits per heavy atom. The summed E-state index contributed by atoms with van der Waals surface area (Å²) < 4.78 is 26.3. The maximum Gasteiger partial charge on any atom is 0.170 e. The predicted octanol–water partition coefficient (Wildman–Crippen LogP) is 3.53. The Morgan fingerprint density at radius 1 is 1.14 bits per heavy atom. The van der Waals surface area contributed by atoms with E-state index in [0.29, 0.717) is 5.56 Å². The van der Waals surface area contributed by atoms with Crippen LogP contribution in [0.2, 0.25) is 0 Å². The molecule has 0 aliphatic carbocycles. The summed E-state index contributed by atoms with van der Waals surface area (Å²) in [5.41, 5.74) is 6.95. The zero-order valence-corrected chi connectivity index (χ0v) is 11.4. The molecule has 2 N–H and O–H groups in total. The third-order valence-corrected chi connectivity index (χ3v) is 2.87. The van der Waals surface area contributed by atoms with Crippen molar-refractivity contribution in [2.75, 3.05) is 0 Å². The lowest BCUT2D eigenvalue weighted by atomic mass is 10.1. The maximum absolute atomic E-state index is 13.5. The second-order valence-corrected chi connectivity index (χ2v) is 4.66. The van der Waals surface area contributed by atoms with Crippen LogP contribution in [0.25, 0.3) is 0 Å². The maximum atomic E-state index is 13.5. The van der Waals surface area contributed by atoms with E-state index in [-0.39, 0.29) is 23.7 Å². The Morgan fingerprint density at radius 2 is 1.81 bits per heavy atom. The second kappa shape index (κ2) is 6.26. The van der Waals surface area contributed by atoms with Crippen LogP contribution in [0.4, 0.5) is 14.5 Å². The molecule has 0 amide bonds. The number of benzene rings is 2. The lowest BCUT2D eigenvalue weighted by molar-refractivity contribution is 0.100. The number of aryl methyl sites for hydroxylation is 1. The van der Waals surface area contributed by atoms with Crippen molar-refractivity contribution in [1.82, 2.24) is 0 Å². The second-order valence-electron chi connectivity index (χ2n) is 4.66. The molecular weight excluding hydrogens is 274 g/mol. The molecule has 2 aromatic carbocycles. The highest BCUT2D eigenvalue weighted by atomic mass is 19.1. The van der Waals surface area contributed by atoms with Gasteiger partial charge in [-0.3, -0.25) is 4.79 Å². The van der Waals surface area contributed by atoms with Gasteiger partial charge in [-0.1, -0.05) is 6.07 Å².